The summed E-state index contributed by atoms with van der Waals surface area (Å²) in [5.41, 5.74) is 1.49. The van der Waals surface area contributed by atoms with Gasteiger partial charge in [-0.15, -0.1) is 11.3 Å². The number of aryl methyl sites for hydroxylation is 1. The van der Waals surface area contributed by atoms with Gasteiger partial charge < -0.3 is 19.8 Å². The summed E-state index contributed by atoms with van der Waals surface area (Å²) in [7, 11) is 1.54. The molecule has 0 bridgehead atoms. The van der Waals surface area contributed by atoms with Crippen LogP contribution in [0.15, 0.2) is 29.8 Å². The summed E-state index contributed by atoms with van der Waals surface area (Å²) in [6.45, 7) is 2.00. The van der Waals surface area contributed by atoms with Gasteiger partial charge in [-0.05, 0) is 37.5 Å². The number of piperidine rings is 1. The monoisotopic (exact) mass is 390 g/mol. The zero-order chi connectivity index (χ0) is 19.6. The molecule has 2 heterocycles. The van der Waals surface area contributed by atoms with E-state index in [0.29, 0.717) is 22.9 Å². The Hall–Kier alpha value is -2.45. The van der Waals surface area contributed by atoms with Crippen molar-refractivity contribution in [2.45, 2.75) is 25.9 Å². The fraction of sp³-hybridized carbons (Fsp3) is 0.421. The number of ether oxygens (including phenoxy) is 1. The van der Waals surface area contributed by atoms with Gasteiger partial charge in [0.15, 0.2) is 0 Å². The van der Waals surface area contributed by atoms with Gasteiger partial charge >= 0.3 is 5.97 Å². The molecule has 27 heavy (non-hydrogen) atoms. The Morgan fingerprint density at radius 2 is 2.22 bits per heavy atom. The maximum Gasteiger partial charge on any atom is 0.314 e. The first-order valence-corrected chi connectivity index (χ1v) is 9.49. The molecule has 1 aromatic carbocycles. The highest BCUT2D eigenvalue weighted by atomic mass is 32.1. The minimum atomic E-state index is -1.47. The molecular formula is C19H22N2O5S. The van der Waals surface area contributed by atoms with Crippen LogP contribution >= 0.6 is 11.3 Å². The maximum absolute atomic E-state index is 12.9. The number of carbonyl (C=O) groups excluding carboxylic acids is 1. The third-order valence-corrected chi connectivity index (χ3v) is 6.01. The Morgan fingerprint density at radius 3 is 2.85 bits per heavy atom. The van der Waals surface area contributed by atoms with Crippen molar-refractivity contribution in [1.82, 2.24) is 9.88 Å². The summed E-state index contributed by atoms with van der Waals surface area (Å²) in [6.07, 6.45) is -0.737. The molecular weight excluding hydrogens is 368 g/mol. The second-order valence-electron chi connectivity index (χ2n) is 6.79. The lowest BCUT2D eigenvalue weighted by atomic mass is 9.72. The smallest absolute Gasteiger partial charge is 0.314 e. The van der Waals surface area contributed by atoms with Crippen molar-refractivity contribution in [3.05, 3.63) is 45.9 Å². The number of nitrogens with zero attached hydrogens (tertiary/aromatic N) is 2. The number of thiazole rings is 1. The number of benzene rings is 1. The van der Waals surface area contributed by atoms with Crippen LogP contribution in [0, 0.1) is 12.3 Å². The van der Waals surface area contributed by atoms with Crippen molar-refractivity contribution >= 4 is 23.2 Å². The second kappa shape index (κ2) is 7.66. The molecule has 1 amide bonds. The van der Waals surface area contributed by atoms with E-state index in [2.05, 4.69) is 4.98 Å². The normalized spacial score (nSPS) is 22.5. The van der Waals surface area contributed by atoms with Crippen LogP contribution in [0.3, 0.4) is 0 Å². The first-order chi connectivity index (χ1) is 12.9. The van der Waals surface area contributed by atoms with E-state index in [-0.39, 0.29) is 25.3 Å². The van der Waals surface area contributed by atoms with E-state index in [0.717, 1.165) is 5.56 Å². The molecule has 0 spiro atoms. The Bertz CT molecular complexity index is 852. The molecule has 1 aliphatic heterocycles. The molecule has 1 saturated heterocycles. The van der Waals surface area contributed by atoms with E-state index in [1.54, 1.807) is 43.8 Å². The molecule has 144 valence electrons. The van der Waals surface area contributed by atoms with Crippen LogP contribution < -0.4 is 4.74 Å². The molecule has 0 unspecified atom stereocenters. The van der Waals surface area contributed by atoms with Crippen LogP contribution in [0.4, 0.5) is 0 Å². The summed E-state index contributed by atoms with van der Waals surface area (Å²) in [4.78, 5) is 31.2. The van der Waals surface area contributed by atoms with Gasteiger partial charge in [-0.2, -0.15) is 0 Å². The molecule has 0 aliphatic carbocycles. The molecule has 3 rings (SSSR count). The van der Waals surface area contributed by atoms with E-state index in [4.69, 9.17) is 4.74 Å². The number of aliphatic hydroxyl groups excluding tert-OH is 1. The molecule has 1 aromatic heterocycles. The minimum Gasteiger partial charge on any atom is -0.497 e. The first kappa shape index (κ1) is 19.3. The van der Waals surface area contributed by atoms with Gasteiger partial charge in [0.25, 0.3) is 5.91 Å². The van der Waals surface area contributed by atoms with E-state index in [9.17, 15) is 19.8 Å². The number of aromatic nitrogens is 1. The van der Waals surface area contributed by atoms with Gasteiger partial charge in [0.05, 0.1) is 24.4 Å². The average Bonchev–Trinajstić information content (AvgIpc) is 3.09. The van der Waals surface area contributed by atoms with Crippen molar-refractivity contribution in [1.29, 1.82) is 0 Å². The third-order valence-electron chi connectivity index (χ3n) is 5.09. The van der Waals surface area contributed by atoms with E-state index < -0.39 is 17.5 Å². The molecule has 1 fully saturated rings. The largest absolute Gasteiger partial charge is 0.497 e. The zero-order valence-electron chi connectivity index (χ0n) is 15.2. The lowest BCUT2D eigenvalue weighted by molar-refractivity contribution is -0.161. The minimum absolute atomic E-state index is 0.0586. The molecule has 2 aromatic rings. The SMILES string of the molecule is COc1cccc(C[C@@]2(C(=O)O)CN(C(=O)c3scnc3C)CC[C@H]2O)c1. The summed E-state index contributed by atoms with van der Waals surface area (Å²) in [5, 5.41) is 20.6. The number of likely N-dealkylation sites (tertiary alicyclic amines) is 1. The van der Waals surface area contributed by atoms with Crippen LogP contribution in [-0.4, -0.2) is 58.3 Å². The van der Waals surface area contributed by atoms with Crippen molar-refractivity contribution in [2.24, 2.45) is 5.41 Å². The lowest BCUT2D eigenvalue weighted by Gasteiger charge is -2.43. The number of hydrogen-bond donors (Lipinski definition) is 2. The van der Waals surface area contributed by atoms with Gasteiger partial charge in [-0.3, -0.25) is 9.59 Å². The Kier molecular flexibility index (Phi) is 5.48. The molecule has 2 N–H and O–H groups in total. The fourth-order valence-electron chi connectivity index (χ4n) is 3.51. The second-order valence-corrected chi connectivity index (χ2v) is 7.64. The highest BCUT2D eigenvalue weighted by Gasteiger charge is 2.50. The van der Waals surface area contributed by atoms with E-state index in [1.165, 1.54) is 16.2 Å². The number of carboxylic acids is 1. The topological polar surface area (TPSA) is 100.0 Å². The number of aliphatic hydroxyl groups is 1. The van der Waals surface area contributed by atoms with Crippen LogP contribution in [0.1, 0.15) is 27.3 Å². The fourth-order valence-corrected chi connectivity index (χ4v) is 4.28. The van der Waals surface area contributed by atoms with Crippen molar-refractivity contribution in [2.75, 3.05) is 20.2 Å². The van der Waals surface area contributed by atoms with Gasteiger partial charge in [-0.25, -0.2) is 4.98 Å². The van der Waals surface area contributed by atoms with Gasteiger partial charge in [-0.1, -0.05) is 12.1 Å². The van der Waals surface area contributed by atoms with E-state index in [1.807, 2.05) is 0 Å². The number of amides is 1. The quantitative estimate of drug-likeness (QED) is 0.810. The summed E-state index contributed by atoms with van der Waals surface area (Å²) >= 11 is 1.24. The Labute approximate surface area is 161 Å². The number of methoxy groups -OCH3 is 1. The number of hydrogen-bond acceptors (Lipinski definition) is 6. The molecule has 7 nitrogen and oxygen atoms in total. The molecule has 8 heteroatoms. The number of carboxylic acid groups (broad SMARTS) is 1. The van der Waals surface area contributed by atoms with Crippen LogP contribution in [0.2, 0.25) is 0 Å². The van der Waals surface area contributed by atoms with Gasteiger partial charge in [0.1, 0.15) is 16.0 Å². The molecule has 2 atom stereocenters. The first-order valence-electron chi connectivity index (χ1n) is 8.61. The lowest BCUT2D eigenvalue weighted by Crippen LogP contribution is -2.58. The average molecular weight is 390 g/mol. The number of aliphatic carboxylic acids is 1. The van der Waals surface area contributed by atoms with Crippen LogP contribution in [0.5, 0.6) is 5.75 Å². The van der Waals surface area contributed by atoms with Crippen molar-refractivity contribution < 1.29 is 24.5 Å². The summed E-state index contributed by atoms with van der Waals surface area (Å²) in [6, 6.07) is 7.11. The van der Waals surface area contributed by atoms with Crippen LogP contribution in [0.25, 0.3) is 0 Å². The summed E-state index contributed by atoms with van der Waals surface area (Å²) < 4.78 is 5.21. The predicted molar refractivity (Wildman–Crippen MR) is 100 cm³/mol. The van der Waals surface area contributed by atoms with E-state index >= 15 is 0 Å². The standard InChI is InChI=1S/C19H22N2O5S/c1-12-16(27-11-20-12)17(23)21-7-6-15(22)19(10-21,18(24)25)9-13-4-3-5-14(8-13)26-2/h3-5,8,11,15,22H,6-7,9-10H2,1-2H3,(H,24,25)/t15-,19-/m1/s1. The van der Waals surface area contributed by atoms with Crippen molar-refractivity contribution in [3.63, 3.8) is 0 Å². The third kappa shape index (κ3) is 3.68. The van der Waals surface area contributed by atoms with Crippen molar-refractivity contribution in [3.8, 4) is 5.75 Å². The Balaban J connectivity index is 1.91. The predicted octanol–water partition coefficient (Wildman–Crippen LogP) is 1.98. The summed E-state index contributed by atoms with van der Waals surface area (Å²) in [5.74, 6) is -0.735. The molecule has 0 saturated carbocycles. The zero-order valence-corrected chi connectivity index (χ0v) is 16.0. The molecule has 1 aliphatic rings. The van der Waals surface area contributed by atoms with Crippen LogP contribution in [-0.2, 0) is 11.2 Å². The van der Waals surface area contributed by atoms with Gasteiger partial charge in [0, 0.05) is 13.1 Å². The van der Waals surface area contributed by atoms with Gasteiger partial charge in [0.2, 0.25) is 0 Å². The number of rotatable bonds is 5. The number of carbonyl (C=O) groups is 2. The Morgan fingerprint density at radius 1 is 1.44 bits per heavy atom. The highest BCUT2D eigenvalue weighted by Crippen LogP contribution is 2.36. The highest BCUT2D eigenvalue weighted by molar-refractivity contribution is 7.11. The molecule has 0 radical (unpaired) electrons. The maximum atomic E-state index is 12.9.